The number of hydrogen-bond donors (Lipinski definition) is 0. The topological polar surface area (TPSA) is 56.1 Å². The van der Waals surface area contributed by atoms with Crippen molar-refractivity contribution in [2.24, 2.45) is 0 Å². The molecule has 2 atom stereocenters. The number of rotatable bonds is 1. The summed E-state index contributed by atoms with van der Waals surface area (Å²) in [6, 6.07) is 2.86. The van der Waals surface area contributed by atoms with E-state index in [-0.39, 0.29) is 6.04 Å². The maximum Gasteiger partial charge on any atom is 0.183 e. The number of hydrogen-bond acceptors (Lipinski definition) is 5. The van der Waals surface area contributed by atoms with Crippen molar-refractivity contribution in [2.45, 2.75) is 31.3 Å². The molecule has 2 unspecified atom stereocenters. The van der Waals surface area contributed by atoms with Crippen molar-refractivity contribution in [1.82, 2.24) is 14.9 Å². The molecule has 0 amide bonds. The molecule has 2 aliphatic heterocycles. The van der Waals surface area contributed by atoms with E-state index in [0.29, 0.717) is 17.6 Å². The molecule has 3 rings (SSSR count). The highest BCUT2D eigenvalue weighted by Crippen LogP contribution is 2.28. The summed E-state index contributed by atoms with van der Waals surface area (Å²) < 4.78 is 0. The van der Waals surface area contributed by atoms with E-state index in [4.69, 9.17) is 11.7 Å². The molecule has 0 radical (unpaired) electrons. The van der Waals surface area contributed by atoms with Gasteiger partial charge in [0.05, 0.1) is 6.04 Å². The molecule has 102 valence electrons. The monoisotopic (exact) mass is 267 g/mol. The zero-order valence-corrected chi connectivity index (χ0v) is 11.4. The number of piperazine rings is 1. The quantitative estimate of drug-likeness (QED) is 0.711. The molecule has 3 heterocycles. The number of nitriles is 1. The van der Waals surface area contributed by atoms with Gasteiger partial charge in [0, 0.05) is 38.1 Å². The number of nitrogens with zero attached hydrogens (tertiary/aromatic N) is 5. The molecule has 20 heavy (non-hydrogen) atoms. The van der Waals surface area contributed by atoms with E-state index in [9.17, 15) is 0 Å². The molecule has 0 N–H and O–H groups in total. The van der Waals surface area contributed by atoms with Gasteiger partial charge in [-0.2, -0.15) is 5.26 Å². The third-order valence-corrected chi connectivity index (χ3v) is 4.22. The molecular formula is C15H17N5. The standard InChI is InChI=1S/C15H17N5/c1-2-12-4-3-5-13-11-19(8-9-20(12)13)15-14(10-16)17-6-7-18-15/h1,6-7,12-13H,3-5,8-9,11H2. The Morgan fingerprint density at radius 1 is 1.25 bits per heavy atom. The van der Waals surface area contributed by atoms with Crippen LogP contribution >= 0.6 is 0 Å². The second kappa shape index (κ2) is 5.48. The second-order valence-electron chi connectivity index (χ2n) is 5.29. The molecule has 0 aliphatic carbocycles. The third kappa shape index (κ3) is 2.21. The summed E-state index contributed by atoms with van der Waals surface area (Å²) in [5.41, 5.74) is 0.408. The van der Waals surface area contributed by atoms with Gasteiger partial charge in [-0.15, -0.1) is 6.42 Å². The molecule has 0 bridgehead atoms. The highest BCUT2D eigenvalue weighted by molar-refractivity contribution is 5.50. The lowest BCUT2D eigenvalue weighted by Gasteiger charge is -2.47. The van der Waals surface area contributed by atoms with Crippen LogP contribution in [0.4, 0.5) is 5.82 Å². The van der Waals surface area contributed by atoms with Crippen LogP contribution < -0.4 is 4.90 Å². The molecule has 0 aromatic carbocycles. The van der Waals surface area contributed by atoms with E-state index in [0.717, 1.165) is 32.5 Å². The summed E-state index contributed by atoms with van der Waals surface area (Å²) in [6.07, 6.45) is 12.3. The van der Waals surface area contributed by atoms with Gasteiger partial charge in [-0.25, -0.2) is 9.97 Å². The normalized spacial score (nSPS) is 26.4. The van der Waals surface area contributed by atoms with Gasteiger partial charge in [0.1, 0.15) is 6.07 Å². The van der Waals surface area contributed by atoms with Gasteiger partial charge in [0.25, 0.3) is 0 Å². The Labute approximate surface area is 119 Å². The first-order valence-corrected chi connectivity index (χ1v) is 7.01. The molecule has 0 spiro atoms. The number of aromatic nitrogens is 2. The maximum atomic E-state index is 9.15. The minimum Gasteiger partial charge on any atom is -0.351 e. The predicted molar refractivity (Wildman–Crippen MR) is 75.9 cm³/mol. The molecule has 0 saturated carbocycles. The molecule has 2 aliphatic rings. The zero-order chi connectivity index (χ0) is 13.9. The third-order valence-electron chi connectivity index (χ3n) is 4.22. The van der Waals surface area contributed by atoms with Crippen LogP contribution in [0, 0.1) is 23.7 Å². The summed E-state index contributed by atoms with van der Waals surface area (Å²) in [5.74, 6) is 3.61. The highest BCUT2D eigenvalue weighted by Gasteiger charge is 2.35. The molecule has 1 aromatic rings. The molecule has 5 heteroatoms. The second-order valence-corrected chi connectivity index (χ2v) is 5.29. The van der Waals surface area contributed by atoms with Crippen LogP contribution in [0.1, 0.15) is 25.0 Å². The van der Waals surface area contributed by atoms with Gasteiger partial charge < -0.3 is 4.90 Å². The first kappa shape index (κ1) is 12.9. The molecule has 2 saturated heterocycles. The van der Waals surface area contributed by atoms with Crippen LogP contribution in [0.5, 0.6) is 0 Å². The Morgan fingerprint density at radius 3 is 2.90 bits per heavy atom. The maximum absolute atomic E-state index is 9.15. The Balaban J connectivity index is 1.80. The first-order chi connectivity index (χ1) is 9.83. The van der Waals surface area contributed by atoms with E-state index < -0.39 is 0 Å². The smallest absolute Gasteiger partial charge is 0.183 e. The van der Waals surface area contributed by atoms with Crippen LogP contribution in [0.2, 0.25) is 0 Å². The SMILES string of the molecule is C#CC1CCCC2CN(c3nccnc3C#N)CCN12. The number of anilines is 1. The van der Waals surface area contributed by atoms with Crippen molar-refractivity contribution in [1.29, 1.82) is 5.26 Å². The largest absolute Gasteiger partial charge is 0.351 e. The summed E-state index contributed by atoms with van der Waals surface area (Å²) in [6.45, 7) is 2.66. The molecule has 2 fully saturated rings. The van der Waals surface area contributed by atoms with Crippen LogP contribution in [-0.4, -0.2) is 46.6 Å². The summed E-state index contributed by atoms with van der Waals surface area (Å²) >= 11 is 0. The molecular weight excluding hydrogens is 250 g/mol. The van der Waals surface area contributed by atoms with Gasteiger partial charge in [0.2, 0.25) is 0 Å². The minimum absolute atomic E-state index is 0.271. The zero-order valence-electron chi connectivity index (χ0n) is 11.4. The fourth-order valence-corrected chi connectivity index (χ4v) is 3.26. The predicted octanol–water partition coefficient (Wildman–Crippen LogP) is 1.02. The van der Waals surface area contributed by atoms with E-state index in [1.165, 1.54) is 6.42 Å². The average Bonchev–Trinajstić information content (AvgIpc) is 2.53. The highest BCUT2D eigenvalue weighted by atomic mass is 15.3. The van der Waals surface area contributed by atoms with Crippen molar-refractivity contribution in [3.05, 3.63) is 18.1 Å². The van der Waals surface area contributed by atoms with Gasteiger partial charge in [0.15, 0.2) is 11.5 Å². The van der Waals surface area contributed by atoms with E-state index in [1.54, 1.807) is 12.4 Å². The fourth-order valence-electron chi connectivity index (χ4n) is 3.26. The van der Waals surface area contributed by atoms with Crippen LogP contribution in [0.25, 0.3) is 0 Å². The van der Waals surface area contributed by atoms with Gasteiger partial charge in [-0.3, -0.25) is 4.90 Å². The van der Waals surface area contributed by atoms with Crippen molar-refractivity contribution in [3.8, 4) is 18.4 Å². The summed E-state index contributed by atoms with van der Waals surface area (Å²) in [5, 5.41) is 9.15. The lowest BCUT2D eigenvalue weighted by Crippen LogP contribution is -2.58. The van der Waals surface area contributed by atoms with Crippen molar-refractivity contribution in [3.63, 3.8) is 0 Å². The summed E-state index contributed by atoms with van der Waals surface area (Å²) in [7, 11) is 0. The molecule has 1 aromatic heterocycles. The van der Waals surface area contributed by atoms with Crippen molar-refractivity contribution < 1.29 is 0 Å². The Hall–Kier alpha value is -2.11. The van der Waals surface area contributed by atoms with Crippen LogP contribution in [0.3, 0.4) is 0 Å². The summed E-state index contributed by atoms with van der Waals surface area (Å²) in [4.78, 5) is 13.0. The van der Waals surface area contributed by atoms with E-state index >= 15 is 0 Å². The number of piperidine rings is 1. The average molecular weight is 267 g/mol. The van der Waals surface area contributed by atoms with Crippen LogP contribution in [-0.2, 0) is 0 Å². The van der Waals surface area contributed by atoms with Gasteiger partial charge >= 0.3 is 0 Å². The fraction of sp³-hybridized carbons (Fsp3) is 0.533. The lowest BCUT2D eigenvalue weighted by molar-refractivity contribution is 0.100. The van der Waals surface area contributed by atoms with E-state index in [1.807, 2.05) is 0 Å². The Kier molecular flexibility index (Phi) is 3.54. The van der Waals surface area contributed by atoms with E-state index in [2.05, 4.69) is 31.8 Å². The van der Waals surface area contributed by atoms with Crippen LogP contribution in [0.15, 0.2) is 12.4 Å². The van der Waals surface area contributed by atoms with Crippen molar-refractivity contribution >= 4 is 5.82 Å². The molecule has 5 nitrogen and oxygen atoms in total. The lowest BCUT2D eigenvalue weighted by atomic mass is 9.93. The number of fused-ring (bicyclic) bond motifs is 1. The van der Waals surface area contributed by atoms with Crippen molar-refractivity contribution in [2.75, 3.05) is 24.5 Å². The Bertz CT molecular complexity index is 570. The van der Waals surface area contributed by atoms with Gasteiger partial charge in [-0.1, -0.05) is 5.92 Å². The Morgan fingerprint density at radius 2 is 2.10 bits per heavy atom. The van der Waals surface area contributed by atoms with Gasteiger partial charge in [-0.05, 0) is 19.3 Å². The number of terminal acetylenes is 1. The minimum atomic E-state index is 0.271. The first-order valence-electron chi connectivity index (χ1n) is 7.01.